The second kappa shape index (κ2) is 7.28. The number of nitrogens with one attached hydrogen (secondary N) is 1. The fourth-order valence-electron chi connectivity index (χ4n) is 3.18. The Bertz CT molecular complexity index is 724. The maximum absolute atomic E-state index is 13.7. The molecule has 1 fully saturated rings. The van der Waals surface area contributed by atoms with Crippen molar-refractivity contribution in [2.75, 3.05) is 26.7 Å². The average Bonchev–Trinajstić information content (AvgIpc) is 3.12. The number of amides is 1. The molecule has 0 saturated carbocycles. The van der Waals surface area contributed by atoms with Crippen LogP contribution in [0.4, 0.5) is 4.39 Å². The molecule has 134 valence electrons. The van der Waals surface area contributed by atoms with Gasteiger partial charge in [-0.1, -0.05) is 18.2 Å². The SMILES string of the molecule is CN(Cc1ccccc1F)C(=O)CN1CCC[C@](O)(c2cn[nH]n2)C1. The Hall–Kier alpha value is -2.32. The molecule has 1 amide bonds. The van der Waals surface area contributed by atoms with Crippen LogP contribution < -0.4 is 0 Å². The normalized spacial score (nSPS) is 21.2. The molecule has 1 atom stereocenters. The van der Waals surface area contributed by atoms with E-state index >= 15 is 0 Å². The highest BCUT2D eigenvalue weighted by atomic mass is 19.1. The summed E-state index contributed by atoms with van der Waals surface area (Å²) in [6, 6.07) is 6.43. The number of likely N-dealkylation sites (N-methyl/N-ethyl adjacent to an activating group) is 1. The number of rotatable bonds is 5. The number of carbonyl (C=O) groups is 1. The maximum Gasteiger partial charge on any atom is 0.236 e. The minimum absolute atomic E-state index is 0.118. The van der Waals surface area contributed by atoms with Crippen LogP contribution in [-0.2, 0) is 16.9 Å². The molecule has 2 heterocycles. The van der Waals surface area contributed by atoms with Crippen molar-refractivity contribution in [3.63, 3.8) is 0 Å². The smallest absolute Gasteiger partial charge is 0.236 e. The van der Waals surface area contributed by atoms with Gasteiger partial charge in [-0.15, -0.1) is 0 Å². The van der Waals surface area contributed by atoms with Gasteiger partial charge in [0.25, 0.3) is 0 Å². The summed E-state index contributed by atoms with van der Waals surface area (Å²) in [6.07, 6.45) is 2.85. The first kappa shape index (κ1) is 17.5. The van der Waals surface area contributed by atoms with Crippen LogP contribution in [-0.4, -0.2) is 62.9 Å². The van der Waals surface area contributed by atoms with E-state index in [-0.39, 0.29) is 24.8 Å². The second-order valence-corrected chi connectivity index (χ2v) is 6.54. The summed E-state index contributed by atoms with van der Waals surface area (Å²) in [7, 11) is 1.66. The number of aromatic nitrogens is 3. The molecule has 1 saturated heterocycles. The van der Waals surface area contributed by atoms with Crippen LogP contribution in [0.5, 0.6) is 0 Å². The van der Waals surface area contributed by atoms with Gasteiger partial charge in [0.2, 0.25) is 5.91 Å². The summed E-state index contributed by atoms with van der Waals surface area (Å²) in [4.78, 5) is 15.9. The number of carbonyl (C=O) groups excluding carboxylic acids is 1. The largest absolute Gasteiger partial charge is 0.382 e. The van der Waals surface area contributed by atoms with Crippen molar-refractivity contribution in [2.45, 2.75) is 25.0 Å². The molecule has 0 aliphatic carbocycles. The van der Waals surface area contributed by atoms with Gasteiger partial charge in [0.05, 0.1) is 12.7 Å². The predicted molar refractivity (Wildman–Crippen MR) is 88.8 cm³/mol. The van der Waals surface area contributed by atoms with Gasteiger partial charge >= 0.3 is 0 Å². The molecule has 1 aromatic heterocycles. The molecule has 0 bridgehead atoms. The Morgan fingerprint density at radius 1 is 1.48 bits per heavy atom. The summed E-state index contributed by atoms with van der Waals surface area (Å²) in [5, 5.41) is 21.0. The first-order valence-electron chi connectivity index (χ1n) is 8.26. The van der Waals surface area contributed by atoms with E-state index in [1.54, 1.807) is 25.2 Å². The molecule has 0 spiro atoms. The number of aromatic amines is 1. The lowest BCUT2D eigenvalue weighted by Gasteiger charge is -2.38. The van der Waals surface area contributed by atoms with Crippen molar-refractivity contribution in [3.8, 4) is 0 Å². The van der Waals surface area contributed by atoms with Gasteiger partial charge in [-0.3, -0.25) is 9.69 Å². The van der Waals surface area contributed by atoms with Crippen LogP contribution in [0.15, 0.2) is 30.5 Å². The molecular weight excluding hydrogens is 325 g/mol. The Labute approximate surface area is 145 Å². The van der Waals surface area contributed by atoms with Crippen LogP contribution >= 0.6 is 0 Å². The van der Waals surface area contributed by atoms with Crippen LogP contribution in [0.2, 0.25) is 0 Å². The molecular formula is C17H22FN5O2. The third kappa shape index (κ3) is 4.02. The van der Waals surface area contributed by atoms with Crippen molar-refractivity contribution < 1.29 is 14.3 Å². The standard InChI is InChI=1S/C17H22FN5O2/c1-22(10-13-5-2-3-6-14(13)18)16(24)11-23-8-4-7-17(25,12-23)15-9-19-21-20-15/h2-3,5-6,9,25H,4,7-8,10-12H2,1H3,(H,19,20,21)/t17-/m1/s1. The topological polar surface area (TPSA) is 85.4 Å². The summed E-state index contributed by atoms with van der Waals surface area (Å²) in [6.45, 7) is 1.43. The lowest BCUT2D eigenvalue weighted by atomic mass is 9.90. The van der Waals surface area contributed by atoms with Crippen molar-refractivity contribution in [1.82, 2.24) is 25.2 Å². The van der Waals surface area contributed by atoms with Crippen LogP contribution in [0, 0.1) is 5.82 Å². The molecule has 1 aromatic carbocycles. The zero-order valence-corrected chi connectivity index (χ0v) is 14.2. The number of benzene rings is 1. The molecule has 25 heavy (non-hydrogen) atoms. The summed E-state index contributed by atoms with van der Waals surface area (Å²) < 4.78 is 13.7. The highest BCUT2D eigenvalue weighted by molar-refractivity contribution is 5.78. The third-order valence-corrected chi connectivity index (χ3v) is 4.59. The summed E-state index contributed by atoms with van der Waals surface area (Å²) in [5.74, 6) is -0.437. The number of piperidine rings is 1. The number of nitrogens with zero attached hydrogens (tertiary/aromatic N) is 4. The minimum atomic E-state index is -1.10. The third-order valence-electron chi connectivity index (χ3n) is 4.59. The van der Waals surface area contributed by atoms with E-state index in [1.165, 1.54) is 17.2 Å². The Balaban J connectivity index is 1.59. The lowest BCUT2D eigenvalue weighted by Crippen LogP contribution is -2.49. The van der Waals surface area contributed by atoms with Gasteiger partial charge in [0.1, 0.15) is 17.1 Å². The van der Waals surface area contributed by atoms with Gasteiger partial charge in [-0.25, -0.2) is 4.39 Å². The molecule has 1 aliphatic heterocycles. The first-order valence-corrected chi connectivity index (χ1v) is 8.26. The van der Waals surface area contributed by atoms with Gasteiger partial charge in [-0.2, -0.15) is 15.4 Å². The fourth-order valence-corrected chi connectivity index (χ4v) is 3.18. The number of likely N-dealkylation sites (tertiary alicyclic amines) is 1. The van der Waals surface area contributed by atoms with E-state index in [0.717, 1.165) is 13.0 Å². The first-order chi connectivity index (χ1) is 12.0. The van der Waals surface area contributed by atoms with Crippen LogP contribution in [0.3, 0.4) is 0 Å². The molecule has 1 aliphatic rings. The predicted octanol–water partition coefficient (Wildman–Crippen LogP) is 0.886. The number of halogens is 1. The second-order valence-electron chi connectivity index (χ2n) is 6.54. The summed E-state index contributed by atoms with van der Waals surface area (Å²) >= 11 is 0. The quantitative estimate of drug-likeness (QED) is 0.839. The lowest BCUT2D eigenvalue weighted by molar-refractivity contribution is -0.133. The van der Waals surface area contributed by atoms with Crippen molar-refractivity contribution >= 4 is 5.91 Å². The van der Waals surface area contributed by atoms with Gasteiger partial charge in [0, 0.05) is 25.7 Å². The number of hydrogen-bond donors (Lipinski definition) is 2. The summed E-state index contributed by atoms with van der Waals surface area (Å²) in [5.41, 5.74) is -0.129. The Kier molecular flexibility index (Phi) is 5.10. The monoisotopic (exact) mass is 347 g/mol. The molecule has 2 N–H and O–H groups in total. The zero-order valence-electron chi connectivity index (χ0n) is 14.2. The maximum atomic E-state index is 13.7. The van der Waals surface area contributed by atoms with E-state index < -0.39 is 5.60 Å². The van der Waals surface area contributed by atoms with Crippen molar-refractivity contribution in [2.24, 2.45) is 0 Å². The van der Waals surface area contributed by atoms with Gasteiger partial charge in [-0.05, 0) is 25.5 Å². The van der Waals surface area contributed by atoms with Crippen LogP contribution in [0.1, 0.15) is 24.1 Å². The number of β-amino-alcohol motifs (C(OH)–C–C–N with tert-alkyl or cyclic N) is 1. The Morgan fingerprint density at radius 3 is 3.00 bits per heavy atom. The zero-order chi connectivity index (χ0) is 17.9. The number of aliphatic hydroxyl groups is 1. The molecule has 7 nitrogen and oxygen atoms in total. The molecule has 0 unspecified atom stereocenters. The number of hydrogen-bond acceptors (Lipinski definition) is 5. The Morgan fingerprint density at radius 2 is 2.28 bits per heavy atom. The van der Waals surface area contributed by atoms with Gasteiger partial charge in [0.15, 0.2) is 0 Å². The van der Waals surface area contributed by atoms with Crippen molar-refractivity contribution in [1.29, 1.82) is 0 Å². The van der Waals surface area contributed by atoms with Crippen LogP contribution in [0.25, 0.3) is 0 Å². The van der Waals surface area contributed by atoms with E-state index in [4.69, 9.17) is 0 Å². The average molecular weight is 347 g/mol. The van der Waals surface area contributed by atoms with E-state index in [0.29, 0.717) is 24.2 Å². The van der Waals surface area contributed by atoms with E-state index in [1.807, 2.05) is 4.90 Å². The molecule has 2 aromatic rings. The van der Waals surface area contributed by atoms with E-state index in [9.17, 15) is 14.3 Å². The number of H-pyrrole nitrogens is 1. The highest BCUT2D eigenvalue weighted by Gasteiger charge is 2.37. The van der Waals surface area contributed by atoms with Crippen molar-refractivity contribution in [3.05, 3.63) is 47.5 Å². The molecule has 3 rings (SSSR count). The molecule has 8 heteroatoms. The fraction of sp³-hybridized carbons (Fsp3) is 0.471. The minimum Gasteiger partial charge on any atom is -0.382 e. The highest BCUT2D eigenvalue weighted by Crippen LogP contribution is 2.29. The van der Waals surface area contributed by atoms with E-state index in [2.05, 4.69) is 15.4 Å². The van der Waals surface area contributed by atoms with Gasteiger partial charge < -0.3 is 10.0 Å². The molecule has 0 radical (unpaired) electrons.